The van der Waals surface area contributed by atoms with Crippen molar-refractivity contribution >= 4 is 18.2 Å². The highest BCUT2D eigenvalue weighted by atomic mass is 16.6. The van der Waals surface area contributed by atoms with Crippen molar-refractivity contribution in [1.82, 2.24) is 10.6 Å². The van der Waals surface area contributed by atoms with Gasteiger partial charge in [-0.2, -0.15) is 0 Å². The van der Waals surface area contributed by atoms with Gasteiger partial charge in [-0.1, -0.05) is 36.3 Å². The molecule has 0 radical (unpaired) electrons. The minimum Gasteiger partial charge on any atom is -0.451 e. The van der Waals surface area contributed by atoms with Gasteiger partial charge in [0.05, 0.1) is 0 Å². The van der Waals surface area contributed by atoms with Crippen LogP contribution in [0.2, 0.25) is 0 Å². The highest BCUT2D eigenvalue weighted by Gasteiger charge is 2.25. The molecule has 0 aliphatic rings. The van der Waals surface area contributed by atoms with Crippen molar-refractivity contribution in [3.8, 4) is 12.3 Å². The third-order valence-electron chi connectivity index (χ3n) is 3.67. The van der Waals surface area contributed by atoms with Gasteiger partial charge >= 0.3 is 18.2 Å². The SMILES string of the molecule is C#CCOC(=O)[C@H](CCCCNC(=O)OCc1ccccc1)NC(=O)OC(C)(C)C. The molecule has 1 atom stereocenters. The predicted molar refractivity (Wildman–Crippen MR) is 111 cm³/mol. The first-order valence-electron chi connectivity index (χ1n) is 9.75. The molecule has 164 valence electrons. The number of esters is 1. The summed E-state index contributed by atoms with van der Waals surface area (Å²) in [4.78, 5) is 35.8. The molecule has 0 unspecified atom stereocenters. The number of amides is 2. The van der Waals surface area contributed by atoms with Gasteiger partial charge in [0, 0.05) is 6.54 Å². The van der Waals surface area contributed by atoms with Gasteiger partial charge in [-0.3, -0.25) is 0 Å². The lowest BCUT2D eigenvalue weighted by molar-refractivity contribution is -0.144. The summed E-state index contributed by atoms with van der Waals surface area (Å²) in [5.41, 5.74) is 0.204. The Labute approximate surface area is 177 Å². The van der Waals surface area contributed by atoms with Crippen LogP contribution in [0.15, 0.2) is 30.3 Å². The lowest BCUT2D eigenvalue weighted by atomic mass is 10.1. The first-order valence-corrected chi connectivity index (χ1v) is 9.75. The number of nitrogens with one attached hydrogen (secondary N) is 2. The fourth-order valence-electron chi connectivity index (χ4n) is 2.35. The Bertz CT molecular complexity index is 721. The summed E-state index contributed by atoms with van der Waals surface area (Å²) in [6, 6.07) is 8.46. The van der Waals surface area contributed by atoms with Gasteiger partial charge in [0.15, 0.2) is 6.61 Å². The summed E-state index contributed by atoms with van der Waals surface area (Å²) < 4.78 is 15.2. The molecule has 0 aliphatic carbocycles. The summed E-state index contributed by atoms with van der Waals surface area (Å²) in [6.45, 7) is 5.55. The Morgan fingerprint density at radius 3 is 2.40 bits per heavy atom. The Balaban J connectivity index is 2.35. The van der Waals surface area contributed by atoms with Gasteiger partial charge in [-0.05, 0) is 45.6 Å². The molecule has 0 aromatic heterocycles. The normalized spacial score (nSPS) is 11.5. The van der Waals surface area contributed by atoms with E-state index >= 15 is 0 Å². The van der Waals surface area contributed by atoms with Crippen LogP contribution in [0.5, 0.6) is 0 Å². The molecule has 0 fully saturated rings. The number of benzene rings is 1. The molecule has 8 nitrogen and oxygen atoms in total. The van der Waals surface area contributed by atoms with Crippen molar-refractivity contribution in [2.45, 2.75) is 58.3 Å². The van der Waals surface area contributed by atoms with Crippen molar-refractivity contribution in [3.05, 3.63) is 35.9 Å². The molecule has 0 heterocycles. The summed E-state index contributed by atoms with van der Waals surface area (Å²) in [7, 11) is 0. The van der Waals surface area contributed by atoms with E-state index in [4.69, 9.17) is 20.6 Å². The number of hydrogen-bond donors (Lipinski definition) is 2. The summed E-state index contributed by atoms with van der Waals surface area (Å²) in [6.07, 6.45) is 5.30. The van der Waals surface area contributed by atoms with Crippen LogP contribution in [0.25, 0.3) is 0 Å². The van der Waals surface area contributed by atoms with E-state index in [0.29, 0.717) is 25.8 Å². The van der Waals surface area contributed by atoms with Crippen LogP contribution in [0.1, 0.15) is 45.6 Å². The van der Waals surface area contributed by atoms with Gasteiger partial charge in [0.2, 0.25) is 0 Å². The average Bonchev–Trinajstić information content (AvgIpc) is 2.68. The van der Waals surface area contributed by atoms with E-state index in [0.717, 1.165) is 5.56 Å². The van der Waals surface area contributed by atoms with Gasteiger partial charge in [0.25, 0.3) is 0 Å². The van der Waals surface area contributed by atoms with Crippen molar-refractivity contribution in [1.29, 1.82) is 0 Å². The molecule has 1 aromatic rings. The summed E-state index contributed by atoms with van der Waals surface area (Å²) >= 11 is 0. The predicted octanol–water partition coefficient (Wildman–Crippen LogP) is 3.15. The molecule has 1 aromatic carbocycles. The standard InChI is InChI=1S/C22H30N2O6/c1-5-15-28-19(25)18(24-21(27)30-22(2,3)4)13-9-10-14-23-20(26)29-16-17-11-7-6-8-12-17/h1,6-8,11-12,18H,9-10,13-16H2,2-4H3,(H,23,26)(H,24,27)/t18-/m0/s1. The van der Waals surface area contributed by atoms with E-state index < -0.39 is 29.8 Å². The smallest absolute Gasteiger partial charge is 0.408 e. The van der Waals surface area contributed by atoms with E-state index in [2.05, 4.69) is 16.6 Å². The number of ether oxygens (including phenoxy) is 3. The summed E-state index contributed by atoms with van der Waals surface area (Å²) in [5.74, 6) is 1.58. The number of rotatable bonds is 10. The maximum absolute atomic E-state index is 12.1. The molecule has 0 spiro atoms. The minimum atomic E-state index is -0.891. The van der Waals surface area contributed by atoms with Crippen molar-refractivity contribution < 1.29 is 28.6 Å². The third kappa shape index (κ3) is 11.6. The van der Waals surface area contributed by atoms with E-state index in [1.165, 1.54) is 0 Å². The number of alkyl carbamates (subject to hydrolysis) is 2. The molecule has 1 rings (SSSR count). The second-order valence-electron chi connectivity index (χ2n) is 7.49. The lowest BCUT2D eigenvalue weighted by Crippen LogP contribution is -2.44. The van der Waals surface area contributed by atoms with Gasteiger partial charge in [-0.15, -0.1) is 6.42 Å². The third-order valence-corrected chi connectivity index (χ3v) is 3.67. The van der Waals surface area contributed by atoms with Gasteiger partial charge in [0.1, 0.15) is 18.2 Å². The highest BCUT2D eigenvalue weighted by molar-refractivity contribution is 5.81. The summed E-state index contributed by atoms with van der Waals surface area (Å²) in [5, 5.41) is 5.15. The first-order chi connectivity index (χ1) is 14.2. The number of unbranched alkanes of at least 4 members (excludes halogenated alkanes) is 1. The van der Waals surface area contributed by atoms with E-state index in [1.807, 2.05) is 30.3 Å². The Morgan fingerprint density at radius 2 is 1.77 bits per heavy atom. The fraction of sp³-hybridized carbons (Fsp3) is 0.500. The molecule has 0 aliphatic heterocycles. The maximum Gasteiger partial charge on any atom is 0.408 e. The molecule has 0 saturated carbocycles. The average molecular weight is 418 g/mol. The van der Waals surface area contributed by atoms with Crippen LogP contribution in [0.4, 0.5) is 9.59 Å². The zero-order valence-electron chi connectivity index (χ0n) is 17.7. The second kappa shape index (κ2) is 13.1. The molecule has 2 N–H and O–H groups in total. The van der Waals surface area contributed by atoms with E-state index in [9.17, 15) is 14.4 Å². The van der Waals surface area contributed by atoms with Crippen LogP contribution in [0, 0.1) is 12.3 Å². The van der Waals surface area contributed by atoms with Crippen molar-refractivity contribution in [2.75, 3.05) is 13.2 Å². The van der Waals surface area contributed by atoms with Gasteiger partial charge in [-0.25, -0.2) is 14.4 Å². The molecule has 30 heavy (non-hydrogen) atoms. The van der Waals surface area contributed by atoms with Crippen LogP contribution in [0.3, 0.4) is 0 Å². The monoisotopic (exact) mass is 418 g/mol. The Hall–Kier alpha value is -3.21. The molecule has 0 saturated heterocycles. The maximum atomic E-state index is 12.1. The van der Waals surface area contributed by atoms with Gasteiger partial charge < -0.3 is 24.8 Å². The largest absolute Gasteiger partial charge is 0.451 e. The topological polar surface area (TPSA) is 103 Å². The van der Waals surface area contributed by atoms with Crippen LogP contribution in [-0.4, -0.2) is 43.0 Å². The van der Waals surface area contributed by atoms with E-state index in [1.54, 1.807) is 20.8 Å². The first kappa shape index (κ1) is 24.8. The molecule has 8 heteroatoms. The van der Waals surface area contributed by atoms with Crippen molar-refractivity contribution in [3.63, 3.8) is 0 Å². The van der Waals surface area contributed by atoms with Crippen molar-refractivity contribution in [2.24, 2.45) is 0 Å². The zero-order valence-corrected chi connectivity index (χ0v) is 17.7. The van der Waals surface area contributed by atoms with Crippen LogP contribution < -0.4 is 10.6 Å². The van der Waals surface area contributed by atoms with Crippen LogP contribution >= 0.6 is 0 Å². The highest BCUT2D eigenvalue weighted by Crippen LogP contribution is 2.09. The number of terminal acetylenes is 1. The zero-order chi connectivity index (χ0) is 22.4. The number of hydrogen-bond acceptors (Lipinski definition) is 6. The number of carbonyl (C=O) groups is 3. The minimum absolute atomic E-state index is 0.180. The van der Waals surface area contributed by atoms with Crippen LogP contribution in [-0.2, 0) is 25.6 Å². The molecule has 0 bridgehead atoms. The molecule has 2 amide bonds. The molecular formula is C22H30N2O6. The van der Waals surface area contributed by atoms with E-state index in [-0.39, 0.29) is 13.2 Å². The lowest BCUT2D eigenvalue weighted by Gasteiger charge is -2.22. The Kier molecular flexibility index (Phi) is 10.8. The fourth-order valence-corrected chi connectivity index (χ4v) is 2.35. The number of carbonyl (C=O) groups excluding carboxylic acids is 3. The second-order valence-corrected chi connectivity index (χ2v) is 7.49. The Morgan fingerprint density at radius 1 is 1.07 bits per heavy atom. The molecular weight excluding hydrogens is 388 g/mol. The quantitative estimate of drug-likeness (QED) is 0.262.